The van der Waals surface area contributed by atoms with Crippen molar-refractivity contribution >= 4 is 33.3 Å². The summed E-state index contributed by atoms with van der Waals surface area (Å²) in [5.41, 5.74) is 5.60. The van der Waals surface area contributed by atoms with E-state index in [9.17, 15) is 9.59 Å². The van der Waals surface area contributed by atoms with Gasteiger partial charge in [-0.1, -0.05) is 6.92 Å². The summed E-state index contributed by atoms with van der Waals surface area (Å²) >= 11 is 1.46. The third kappa shape index (κ3) is 3.49. The number of ketones is 1. The highest BCUT2D eigenvalue weighted by Gasteiger charge is 2.18. The maximum Gasteiger partial charge on any atom is 0.338 e. The lowest BCUT2D eigenvalue weighted by molar-refractivity contribution is 0.0474. The molecule has 0 aliphatic carbocycles. The topological polar surface area (TPSA) is 61.2 Å². The Morgan fingerprint density at radius 3 is 2.80 bits per heavy atom. The van der Waals surface area contributed by atoms with Gasteiger partial charge in [-0.15, -0.1) is 11.3 Å². The van der Waals surface area contributed by atoms with Crippen molar-refractivity contribution in [1.82, 2.24) is 9.55 Å². The quantitative estimate of drug-likeness (QED) is 0.491. The van der Waals surface area contributed by atoms with Gasteiger partial charge in [-0.05, 0) is 44.5 Å². The molecule has 0 bridgehead atoms. The molecule has 25 heavy (non-hydrogen) atoms. The van der Waals surface area contributed by atoms with E-state index in [-0.39, 0.29) is 12.4 Å². The molecular formula is C19H20N2O3S. The Kier molecular flexibility index (Phi) is 4.99. The molecule has 0 amide bonds. The molecule has 0 saturated carbocycles. The van der Waals surface area contributed by atoms with Gasteiger partial charge in [0.2, 0.25) is 5.78 Å². The third-order valence-electron chi connectivity index (χ3n) is 4.22. The number of rotatable bonds is 6. The number of nitrogens with zero attached hydrogens (tertiary/aromatic N) is 2. The molecule has 0 unspecified atom stereocenters. The van der Waals surface area contributed by atoms with E-state index in [1.54, 1.807) is 23.7 Å². The Balaban J connectivity index is 1.69. The Labute approximate surface area is 150 Å². The van der Waals surface area contributed by atoms with Gasteiger partial charge in [-0.2, -0.15) is 0 Å². The van der Waals surface area contributed by atoms with Crippen molar-refractivity contribution in [2.45, 2.75) is 33.7 Å². The summed E-state index contributed by atoms with van der Waals surface area (Å²) in [5.74, 6) is -0.673. The van der Waals surface area contributed by atoms with Crippen LogP contribution >= 0.6 is 11.3 Å². The molecule has 0 saturated heterocycles. The van der Waals surface area contributed by atoms with Crippen molar-refractivity contribution < 1.29 is 14.3 Å². The van der Waals surface area contributed by atoms with E-state index in [1.165, 1.54) is 11.3 Å². The lowest BCUT2D eigenvalue weighted by Crippen LogP contribution is -2.15. The van der Waals surface area contributed by atoms with Gasteiger partial charge in [0.05, 0.1) is 21.3 Å². The van der Waals surface area contributed by atoms with Crippen LogP contribution in [0.5, 0.6) is 0 Å². The zero-order valence-corrected chi connectivity index (χ0v) is 15.4. The van der Waals surface area contributed by atoms with Gasteiger partial charge in [-0.25, -0.2) is 9.78 Å². The second-order valence-corrected chi connectivity index (χ2v) is 6.86. The predicted octanol–water partition coefficient (Wildman–Crippen LogP) is 4.16. The van der Waals surface area contributed by atoms with Gasteiger partial charge < -0.3 is 9.30 Å². The molecule has 0 atom stereocenters. The first kappa shape index (κ1) is 17.4. The van der Waals surface area contributed by atoms with E-state index in [0.29, 0.717) is 11.1 Å². The van der Waals surface area contributed by atoms with Crippen LogP contribution in [0.15, 0.2) is 29.8 Å². The average Bonchev–Trinajstić information content (AvgIpc) is 3.18. The van der Waals surface area contributed by atoms with Crippen molar-refractivity contribution in [2.24, 2.45) is 0 Å². The zero-order chi connectivity index (χ0) is 18.0. The summed E-state index contributed by atoms with van der Waals surface area (Å²) in [4.78, 5) is 28.8. The molecule has 0 N–H and O–H groups in total. The first-order chi connectivity index (χ1) is 12.0. The van der Waals surface area contributed by atoms with Gasteiger partial charge in [0.25, 0.3) is 0 Å². The number of ether oxygens (including phenoxy) is 1. The fourth-order valence-electron chi connectivity index (χ4n) is 2.93. The standard InChI is InChI=1S/C19H20N2O3S/c1-4-7-21-12(2)8-15(13(21)3)17(22)10-24-19(23)14-5-6-16-18(9-14)25-11-20-16/h5-6,8-9,11H,4,7,10H2,1-3H3. The van der Waals surface area contributed by atoms with Crippen molar-refractivity contribution in [3.05, 3.63) is 52.3 Å². The molecule has 130 valence electrons. The van der Waals surface area contributed by atoms with Crippen LogP contribution in [-0.2, 0) is 11.3 Å². The molecule has 5 nitrogen and oxygen atoms in total. The second kappa shape index (κ2) is 7.19. The second-order valence-electron chi connectivity index (χ2n) is 5.97. The number of hydrogen-bond donors (Lipinski definition) is 0. The fourth-order valence-corrected chi connectivity index (χ4v) is 3.64. The average molecular weight is 356 g/mol. The van der Waals surface area contributed by atoms with Gasteiger partial charge >= 0.3 is 5.97 Å². The largest absolute Gasteiger partial charge is 0.454 e. The molecule has 6 heteroatoms. The number of carbonyl (C=O) groups is 2. The van der Waals surface area contributed by atoms with Crippen molar-refractivity contribution in [2.75, 3.05) is 6.61 Å². The molecule has 2 heterocycles. The van der Waals surface area contributed by atoms with Gasteiger partial charge in [0, 0.05) is 23.5 Å². The molecule has 0 spiro atoms. The normalized spacial score (nSPS) is 11.0. The first-order valence-electron chi connectivity index (χ1n) is 8.21. The molecule has 0 aliphatic rings. The molecule has 1 aromatic carbocycles. The minimum Gasteiger partial charge on any atom is -0.454 e. The number of aryl methyl sites for hydroxylation is 1. The van der Waals surface area contributed by atoms with Gasteiger partial charge in [0.15, 0.2) is 6.61 Å². The van der Waals surface area contributed by atoms with Gasteiger partial charge in [0.1, 0.15) is 0 Å². The number of benzene rings is 1. The number of fused-ring (bicyclic) bond motifs is 1. The highest BCUT2D eigenvalue weighted by molar-refractivity contribution is 7.16. The highest BCUT2D eigenvalue weighted by atomic mass is 32.1. The predicted molar refractivity (Wildman–Crippen MR) is 98.4 cm³/mol. The molecule has 0 fully saturated rings. The summed E-state index contributed by atoms with van der Waals surface area (Å²) in [5, 5.41) is 0. The summed E-state index contributed by atoms with van der Waals surface area (Å²) in [6.45, 7) is 6.63. The molecule has 0 radical (unpaired) electrons. The minimum absolute atomic E-state index is 0.178. The smallest absolute Gasteiger partial charge is 0.338 e. The first-order valence-corrected chi connectivity index (χ1v) is 9.09. The molecule has 0 aliphatic heterocycles. The van der Waals surface area contributed by atoms with Crippen LogP contribution in [0.4, 0.5) is 0 Å². The van der Waals surface area contributed by atoms with E-state index < -0.39 is 5.97 Å². The van der Waals surface area contributed by atoms with Crippen molar-refractivity contribution in [1.29, 1.82) is 0 Å². The Morgan fingerprint density at radius 1 is 1.24 bits per heavy atom. The number of esters is 1. The third-order valence-corrected chi connectivity index (χ3v) is 5.01. The van der Waals surface area contributed by atoms with E-state index in [0.717, 1.165) is 34.6 Å². The van der Waals surface area contributed by atoms with Crippen LogP contribution in [0.3, 0.4) is 0 Å². The van der Waals surface area contributed by atoms with Crippen LogP contribution in [0, 0.1) is 13.8 Å². The molecule has 3 aromatic rings. The van der Waals surface area contributed by atoms with Crippen LogP contribution in [0.25, 0.3) is 10.2 Å². The Hall–Kier alpha value is -2.47. The molecular weight excluding hydrogens is 336 g/mol. The number of hydrogen-bond acceptors (Lipinski definition) is 5. The highest BCUT2D eigenvalue weighted by Crippen LogP contribution is 2.20. The monoisotopic (exact) mass is 356 g/mol. The van der Waals surface area contributed by atoms with Crippen molar-refractivity contribution in [3.63, 3.8) is 0 Å². The van der Waals surface area contributed by atoms with Crippen LogP contribution in [-0.4, -0.2) is 27.9 Å². The van der Waals surface area contributed by atoms with Gasteiger partial charge in [-0.3, -0.25) is 4.79 Å². The van der Waals surface area contributed by atoms with E-state index in [4.69, 9.17) is 4.74 Å². The Bertz CT molecular complexity index is 939. The number of carbonyl (C=O) groups excluding carboxylic acids is 2. The Morgan fingerprint density at radius 2 is 2.04 bits per heavy atom. The molecule has 3 rings (SSSR count). The lowest BCUT2D eigenvalue weighted by atomic mass is 10.1. The number of aromatic nitrogens is 2. The van der Waals surface area contributed by atoms with Crippen LogP contribution in [0.2, 0.25) is 0 Å². The number of thiazole rings is 1. The maximum absolute atomic E-state index is 12.4. The van der Waals surface area contributed by atoms with E-state index >= 15 is 0 Å². The summed E-state index contributed by atoms with van der Waals surface area (Å²) < 4.78 is 8.26. The summed E-state index contributed by atoms with van der Waals surface area (Å²) in [7, 11) is 0. The maximum atomic E-state index is 12.4. The van der Waals surface area contributed by atoms with Crippen molar-refractivity contribution in [3.8, 4) is 0 Å². The summed E-state index contributed by atoms with van der Waals surface area (Å²) in [6, 6.07) is 7.06. The zero-order valence-electron chi connectivity index (χ0n) is 14.5. The lowest BCUT2D eigenvalue weighted by Gasteiger charge is -2.08. The van der Waals surface area contributed by atoms with Crippen LogP contribution in [0.1, 0.15) is 45.4 Å². The minimum atomic E-state index is -0.494. The van der Waals surface area contributed by atoms with E-state index in [2.05, 4.69) is 16.5 Å². The molecule has 2 aromatic heterocycles. The fraction of sp³-hybridized carbons (Fsp3) is 0.316. The van der Waals surface area contributed by atoms with Crippen LogP contribution < -0.4 is 0 Å². The SMILES string of the molecule is CCCn1c(C)cc(C(=O)COC(=O)c2ccc3ncsc3c2)c1C. The van der Waals surface area contributed by atoms with E-state index in [1.807, 2.05) is 19.9 Å². The summed E-state index contributed by atoms with van der Waals surface area (Å²) in [6.07, 6.45) is 0.999. The number of Topliss-reactive ketones (excluding diaryl/α,β-unsaturated/α-hetero) is 1.